The molecular formula is C33H25F2N7O4S2. The highest BCUT2D eigenvalue weighted by Gasteiger charge is 2.56. The van der Waals surface area contributed by atoms with E-state index in [1.165, 1.54) is 35.0 Å². The number of hydrogen-bond acceptors (Lipinski definition) is 10. The summed E-state index contributed by atoms with van der Waals surface area (Å²) in [5.41, 5.74) is 7.28. The molecular weight excluding hydrogens is 661 g/mol. The third kappa shape index (κ3) is 5.75. The van der Waals surface area contributed by atoms with Gasteiger partial charge < -0.3 is 15.8 Å². The van der Waals surface area contributed by atoms with Crippen LogP contribution in [0, 0.1) is 0 Å². The molecule has 2 aliphatic heterocycles. The van der Waals surface area contributed by atoms with Crippen molar-refractivity contribution in [2.45, 2.75) is 28.6 Å². The number of hydrogen-bond donors (Lipinski definition) is 3. The van der Waals surface area contributed by atoms with Gasteiger partial charge in [0.25, 0.3) is 11.8 Å². The minimum absolute atomic E-state index is 0.0993. The van der Waals surface area contributed by atoms with Gasteiger partial charge in [0.15, 0.2) is 16.9 Å². The number of fused-ring (bicyclic) bond motifs is 2. The molecule has 4 heterocycles. The van der Waals surface area contributed by atoms with Crippen LogP contribution in [-0.2, 0) is 25.0 Å². The standard InChI is InChI=1S/C33H25F2N7O4S2/c34-33(35,20-14-8-3-9-15-20)31(45)38-23-28(43)42-24(30(44)46-25(18-10-4-1-5-11-18)19-12-6-2-7-13-19)22(17-47-29(23)42)48-32-39-26(36)21-16-37-41-27(21)40-32/h1-16,23,25,29H,17H2,(H,38,45)(H3,36,37,39,40,41)/t23?,29-/m1/s1. The number of aromatic nitrogens is 4. The number of thioether (sulfide) groups is 2. The molecule has 1 fully saturated rings. The Balaban J connectivity index is 1.22. The number of amides is 2. The SMILES string of the molecule is Nc1nc(SC2=C(C(=O)OC(c3ccccc3)c3ccccc3)N3C(=O)C(NC(=O)C(F)(F)c4ccccc4)[C@H]3SC2)nc2[nH]ncc12. The number of anilines is 1. The first-order valence-corrected chi connectivity index (χ1v) is 16.5. The van der Waals surface area contributed by atoms with Crippen LogP contribution in [-0.4, -0.2) is 60.0 Å². The lowest BCUT2D eigenvalue weighted by Crippen LogP contribution is -2.71. The summed E-state index contributed by atoms with van der Waals surface area (Å²) in [7, 11) is 0. The number of esters is 1. The molecule has 7 rings (SSSR count). The molecule has 3 aromatic carbocycles. The summed E-state index contributed by atoms with van der Waals surface area (Å²) in [6.07, 6.45) is 0.653. The Kier molecular flexibility index (Phi) is 8.31. The van der Waals surface area contributed by atoms with Crippen LogP contribution in [0.2, 0.25) is 0 Å². The van der Waals surface area contributed by atoms with Gasteiger partial charge in [0, 0.05) is 16.2 Å². The van der Waals surface area contributed by atoms with Crippen molar-refractivity contribution in [3.63, 3.8) is 0 Å². The molecule has 2 atom stereocenters. The van der Waals surface area contributed by atoms with Crippen LogP contribution in [0.1, 0.15) is 22.8 Å². The molecule has 0 bridgehead atoms. The van der Waals surface area contributed by atoms with Gasteiger partial charge in [-0.2, -0.15) is 13.9 Å². The molecule has 242 valence electrons. The molecule has 5 aromatic rings. The zero-order valence-corrected chi connectivity index (χ0v) is 26.4. The first kappa shape index (κ1) is 31.3. The zero-order valence-electron chi connectivity index (χ0n) is 24.7. The van der Waals surface area contributed by atoms with E-state index in [1.54, 1.807) is 6.07 Å². The van der Waals surface area contributed by atoms with E-state index in [0.29, 0.717) is 27.1 Å². The number of H-pyrrole nitrogens is 1. The number of ether oxygens (including phenoxy) is 1. The minimum atomic E-state index is -3.89. The van der Waals surface area contributed by atoms with Crippen molar-refractivity contribution < 1.29 is 27.9 Å². The van der Waals surface area contributed by atoms with Crippen molar-refractivity contribution in [1.29, 1.82) is 0 Å². The molecule has 15 heteroatoms. The van der Waals surface area contributed by atoms with Gasteiger partial charge in [0.1, 0.15) is 22.9 Å². The Labute approximate surface area is 280 Å². The van der Waals surface area contributed by atoms with Crippen LogP contribution in [0.3, 0.4) is 0 Å². The number of alkyl halides is 2. The number of carbonyl (C=O) groups excluding carboxylic acids is 3. The Morgan fingerprint density at radius 2 is 1.62 bits per heavy atom. The van der Waals surface area contributed by atoms with Crippen LogP contribution < -0.4 is 11.1 Å². The van der Waals surface area contributed by atoms with Crippen molar-refractivity contribution in [3.8, 4) is 0 Å². The maximum atomic E-state index is 15.1. The molecule has 48 heavy (non-hydrogen) atoms. The van der Waals surface area contributed by atoms with E-state index in [-0.39, 0.29) is 22.4 Å². The highest BCUT2D eigenvalue weighted by Crippen LogP contribution is 2.46. The van der Waals surface area contributed by atoms with E-state index in [9.17, 15) is 14.4 Å². The topological polar surface area (TPSA) is 156 Å². The van der Waals surface area contributed by atoms with Gasteiger partial charge in [0.2, 0.25) is 0 Å². The van der Waals surface area contributed by atoms with Gasteiger partial charge in [-0.25, -0.2) is 14.8 Å². The number of nitrogens with two attached hydrogens (primary N) is 1. The average molecular weight is 686 g/mol. The van der Waals surface area contributed by atoms with Crippen LogP contribution in [0.5, 0.6) is 0 Å². The summed E-state index contributed by atoms with van der Waals surface area (Å²) in [5, 5.41) is 8.75. The largest absolute Gasteiger partial charge is 0.448 e. The summed E-state index contributed by atoms with van der Waals surface area (Å²) in [4.78, 5) is 51.0. The van der Waals surface area contributed by atoms with E-state index in [1.807, 2.05) is 60.7 Å². The molecule has 11 nitrogen and oxygen atoms in total. The first-order chi connectivity index (χ1) is 23.2. The number of rotatable bonds is 9. The number of nitrogens with zero attached hydrogens (tertiary/aromatic N) is 4. The molecule has 0 radical (unpaired) electrons. The second kappa shape index (κ2) is 12.7. The van der Waals surface area contributed by atoms with Crippen LogP contribution in [0.15, 0.2) is 113 Å². The van der Waals surface area contributed by atoms with Gasteiger partial charge >= 0.3 is 11.9 Å². The Morgan fingerprint density at radius 3 is 2.27 bits per heavy atom. The molecule has 0 aliphatic carbocycles. The molecule has 1 unspecified atom stereocenters. The van der Waals surface area contributed by atoms with Crippen LogP contribution in [0.25, 0.3) is 11.0 Å². The van der Waals surface area contributed by atoms with Gasteiger partial charge in [-0.15, -0.1) is 11.8 Å². The summed E-state index contributed by atoms with van der Waals surface area (Å²) >= 11 is 2.21. The Bertz CT molecular complexity index is 2010. The summed E-state index contributed by atoms with van der Waals surface area (Å²) in [5.74, 6) is -6.76. The fraction of sp³-hybridized carbons (Fsp3) is 0.152. The fourth-order valence-electron chi connectivity index (χ4n) is 5.41. The summed E-state index contributed by atoms with van der Waals surface area (Å²) < 4.78 is 36.2. The lowest BCUT2D eigenvalue weighted by atomic mass is 10.0. The molecule has 0 spiro atoms. The fourth-order valence-corrected chi connectivity index (χ4v) is 7.82. The maximum absolute atomic E-state index is 15.1. The second-order valence-corrected chi connectivity index (χ2v) is 13.0. The molecule has 4 N–H and O–H groups in total. The molecule has 0 saturated carbocycles. The Morgan fingerprint density at radius 1 is 1.00 bits per heavy atom. The highest BCUT2D eigenvalue weighted by molar-refractivity contribution is 8.06. The van der Waals surface area contributed by atoms with Crippen molar-refractivity contribution in [3.05, 3.63) is 124 Å². The maximum Gasteiger partial charge on any atom is 0.356 e. The van der Waals surface area contributed by atoms with Gasteiger partial charge in [-0.05, 0) is 11.1 Å². The number of aromatic amines is 1. The lowest BCUT2D eigenvalue weighted by molar-refractivity contribution is -0.158. The summed E-state index contributed by atoms with van der Waals surface area (Å²) in [6, 6.07) is 23.5. The first-order valence-electron chi connectivity index (χ1n) is 14.6. The predicted molar refractivity (Wildman–Crippen MR) is 175 cm³/mol. The monoisotopic (exact) mass is 685 g/mol. The number of carbonyl (C=O) groups is 3. The van der Waals surface area contributed by atoms with Crippen molar-refractivity contribution >= 4 is 58.2 Å². The van der Waals surface area contributed by atoms with Crippen molar-refractivity contribution in [2.75, 3.05) is 11.5 Å². The zero-order chi connectivity index (χ0) is 33.4. The van der Waals surface area contributed by atoms with E-state index in [4.69, 9.17) is 10.5 Å². The van der Waals surface area contributed by atoms with E-state index < -0.39 is 46.8 Å². The van der Waals surface area contributed by atoms with Crippen LogP contribution in [0.4, 0.5) is 14.6 Å². The van der Waals surface area contributed by atoms with E-state index >= 15 is 8.78 Å². The van der Waals surface area contributed by atoms with E-state index in [0.717, 1.165) is 23.9 Å². The van der Waals surface area contributed by atoms with Gasteiger partial charge in [-0.3, -0.25) is 19.6 Å². The molecule has 2 aliphatic rings. The smallest absolute Gasteiger partial charge is 0.356 e. The number of halogens is 2. The number of nitrogens with one attached hydrogen (secondary N) is 2. The molecule has 2 amide bonds. The Hall–Kier alpha value is -5.28. The highest BCUT2D eigenvalue weighted by atomic mass is 32.2. The third-order valence-corrected chi connectivity index (χ3v) is 10.2. The van der Waals surface area contributed by atoms with Crippen molar-refractivity contribution in [2.24, 2.45) is 0 Å². The van der Waals surface area contributed by atoms with E-state index in [2.05, 4.69) is 25.5 Å². The number of nitrogen functional groups attached to an aromatic ring is 1. The minimum Gasteiger partial charge on any atom is -0.448 e. The number of β-lactam (4-membered cyclic amide) rings is 1. The van der Waals surface area contributed by atoms with Crippen molar-refractivity contribution in [1.82, 2.24) is 30.4 Å². The van der Waals surface area contributed by atoms with Crippen LogP contribution >= 0.6 is 23.5 Å². The molecule has 2 aromatic heterocycles. The summed E-state index contributed by atoms with van der Waals surface area (Å²) in [6.45, 7) is 0. The number of benzene rings is 3. The average Bonchev–Trinajstić information content (AvgIpc) is 3.59. The van der Waals surface area contributed by atoms with Gasteiger partial charge in [0.05, 0.1) is 11.6 Å². The molecule has 1 saturated heterocycles. The second-order valence-electron chi connectivity index (χ2n) is 10.8. The van der Waals surface area contributed by atoms with Gasteiger partial charge in [-0.1, -0.05) is 103 Å². The lowest BCUT2D eigenvalue weighted by Gasteiger charge is -2.49. The quantitative estimate of drug-likeness (QED) is 0.112. The predicted octanol–water partition coefficient (Wildman–Crippen LogP) is 4.76. The third-order valence-electron chi connectivity index (χ3n) is 7.80. The normalized spacial score (nSPS) is 17.6.